The number of fused-ring (bicyclic) bond motifs is 1. The van der Waals surface area contributed by atoms with Crippen molar-refractivity contribution in [2.75, 3.05) is 0 Å². The van der Waals surface area contributed by atoms with Gasteiger partial charge in [0.05, 0.1) is 6.10 Å². The van der Waals surface area contributed by atoms with Gasteiger partial charge in [-0.15, -0.1) is 0 Å². The number of alkyl halides is 1. The minimum absolute atomic E-state index is 0.190. The van der Waals surface area contributed by atoms with Gasteiger partial charge >= 0.3 is 0 Å². The summed E-state index contributed by atoms with van der Waals surface area (Å²) in [6.45, 7) is 1.90. The molecule has 3 aliphatic heterocycles. The molecule has 0 N–H and O–H groups in total. The first-order valence-corrected chi connectivity index (χ1v) is 7.31. The fourth-order valence-electron chi connectivity index (χ4n) is 2.66. The second kappa shape index (κ2) is 3.55. The van der Waals surface area contributed by atoms with E-state index in [1.807, 2.05) is 6.92 Å². The van der Waals surface area contributed by atoms with Crippen LogP contribution in [-0.2, 0) is 23.8 Å². The largest absolute Gasteiger partial charge is 0.368 e. The van der Waals surface area contributed by atoms with E-state index >= 15 is 0 Å². The summed E-state index contributed by atoms with van der Waals surface area (Å²) in [5.41, 5.74) is -0.418. The maximum Gasteiger partial charge on any atom is 0.273 e. The highest BCUT2D eigenvalue weighted by molar-refractivity contribution is 7.87. The van der Waals surface area contributed by atoms with Gasteiger partial charge in [0.25, 0.3) is 10.1 Å². The van der Waals surface area contributed by atoms with E-state index in [2.05, 4.69) is 0 Å². The van der Waals surface area contributed by atoms with Gasteiger partial charge in [0.15, 0.2) is 0 Å². The Morgan fingerprint density at radius 3 is 2.94 bits per heavy atom. The molecule has 3 saturated heterocycles. The van der Waals surface area contributed by atoms with Crippen molar-refractivity contribution >= 4 is 21.7 Å². The third-order valence-corrected chi connectivity index (χ3v) is 5.52. The van der Waals surface area contributed by atoms with Crippen LogP contribution in [0.5, 0.6) is 0 Å². The summed E-state index contributed by atoms with van der Waals surface area (Å²) in [5.74, 6) is 0. The second-order valence-corrected chi connectivity index (χ2v) is 6.66. The summed E-state index contributed by atoms with van der Waals surface area (Å²) in [4.78, 5) is 0. The Hall–Kier alpha value is 0.120. The topological polar surface area (TPSA) is 61.8 Å². The van der Waals surface area contributed by atoms with Crippen molar-refractivity contribution < 1.29 is 22.1 Å². The van der Waals surface area contributed by atoms with Crippen LogP contribution in [0.15, 0.2) is 0 Å². The molecule has 0 aliphatic carbocycles. The lowest BCUT2D eigenvalue weighted by Crippen LogP contribution is -2.41. The van der Waals surface area contributed by atoms with Gasteiger partial charge in [-0.25, -0.2) is 0 Å². The zero-order valence-electron chi connectivity index (χ0n) is 8.71. The molecular formula is C9H13ClO5S. The molecule has 0 radical (unpaired) electrons. The van der Waals surface area contributed by atoms with Crippen LogP contribution in [0.4, 0.5) is 0 Å². The molecule has 0 aromatic heterocycles. The zero-order chi connectivity index (χ0) is 11.5. The normalized spacial score (nSPS) is 49.8. The van der Waals surface area contributed by atoms with E-state index < -0.39 is 27.0 Å². The molecule has 0 spiro atoms. The highest BCUT2D eigenvalue weighted by Crippen LogP contribution is 2.48. The first-order valence-electron chi connectivity index (χ1n) is 5.40. The first-order chi connectivity index (χ1) is 7.53. The molecule has 0 aromatic carbocycles. The quantitative estimate of drug-likeness (QED) is 0.555. The minimum atomic E-state index is -3.45. The maximum absolute atomic E-state index is 11.6. The van der Waals surface area contributed by atoms with Gasteiger partial charge < -0.3 is 9.47 Å². The fraction of sp³-hybridized carbons (Fsp3) is 1.00. The third-order valence-electron chi connectivity index (χ3n) is 3.42. The standard InChI is InChI=1S/C9H13ClO5S/c1-2-6(10)14-7-4-3-5-8(13-4)9(7)15-16(5,11)12/h4-9H,2-3H2,1H3. The van der Waals surface area contributed by atoms with Gasteiger partial charge in [-0.1, -0.05) is 18.5 Å². The number of ether oxygens (including phenoxy) is 2. The second-order valence-electron chi connectivity index (χ2n) is 4.39. The van der Waals surface area contributed by atoms with Gasteiger partial charge in [0, 0.05) is 0 Å². The van der Waals surface area contributed by atoms with Crippen molar-refractivity contribution in [1.29, 1.82) is 0 Å². The Labute approximate surface area is 99.1 Å². The van der Waals surface area contributed by atoms with Crippen LogP contribution in [0, 0.1) is 0 Å². The van der Waals surface area contributed by atoms with Crippen molar-refractivity contribution in [2.24, 2.45) is 0 Å². The SMILES string of the molecule is CCC(Cl)OC1C2CC3C(O2)C1OS3(=O)=O. The minimum Gasteiger partial charge on any atom is -0.368 e. The van der Waals surface area contributed by atoms with Crippen LogP contribution in [0.1, 0.15) is 19.8 Å². The lowest BCUT2D eigenvalue weighted by atomic mass is 9.94. The van der Waals surface area contributed by atoms with Gasteiger partial charge in [0.1, 0.15) is 29.1 Å². The molecule has 0 amide bonds. The third kappa shape index (κ3) is 1.44. The fourth-order valence-corrected chi connectivity index (χ4v) is 4.42. The molecule has 3 fully saturated rings. The highest BCUT2D eigenvalue weighted by Gasteiger charge is 2.66. The Balaban J connectivity index is 1.81. The molecule has 0 saturated carbocycles. The molecule has 6 unspecified atom stereocenters. The molecule has 7 heteroatoms. The Morgan fingerprint density at radius 2 is 2.25 bits per heavy atom. The van der Waals surface area contributed by atoms with E-state index in [0.717, 1.165) is 0 Å². The van der Waals surface area contributed by atoms with Crippen molar-refractivity contribution in [1.82, 2.24) is 0 Å². The monoisotopic (exact) mass is 268 g/mol. The summed E-state index contributed by atoms with van der Waals surface area (Å²) in [6, 6.07) is 0. The predicted molar refractivity (Wildman–Crippen MR) is 55.7 cm³/mol. The number of hydrogen-bond acceptors (Lipinski definition) is 5. The summed E-state index contributed by atoms with van der Waals surface area (Å²) < 4.78 is 39.4. The zero-order valence-corrected chi connectivity index (χ0v) is 10.3. The molecule has 5 nitrogen and oxygen atoms in total. The van der Waals surface area contributed by atoms with Crippen molar-refractivity contribution in [2.45, 2.75) is 55.0 Å². The number of hydrogen-bond donors (Lipinski definition) is 0. The number of halogens is 1. The Kier molecular flexibility index (Phi) is 2.49. The molecule has 6 atom stereocenters. The van der Waals surface area contributed by atoms with Crippen molar-refractivity contribution in [3.63, 3.8) is 0 Å². The molecule has 3 heterocycles. The average molecular weight is 269 g/mol. The molecule has 0 aromatic rings. The van der Waals surface area contributed by atoms with Crippen LogP contribution < -0.4 is 0 Å². The molecule has 2 bridgehead atoms. The molecule has 3 rings (SSSR count). The molecule has 16 heavy (non-hydrogen) atoms. The van der Waals surface area contributed by atoms with Crippen LogP contribution >= 0.6 is 11.6 Å². The van der Waals surface area contributed by atoms with E-state index in [-0.39, 0.29) is 18.3 Å². The van der Waals surface area contributed by atoms with Gasteiger partial charge in [-0.05, 0) is 12.8 Å². The molecular weight excluding hydrogens is 256 g/mol. The lowest BCUT2D eigenvalue weighted by molar-refractivity contribution is -0.0420. The summed E-state index contributed by atoms with van der Waals surface area (Å²) in [6.07, 6.45) is -0.270. The Bertz CT molecular complexity index is 397. The number of rotatable bonds is 3. The van der Waals surface area contributed by atoms with Gasteiger partial charge in [0.2, 0.25) is 0 Å². The van der Waals surface area contributed by atoms with Crippen molar-refractivity contribution in [3.05, 3.63) is 0 Å². The van der Waals surface area contributed by atoms with Crippen LogP contribution in [0.3, 0.4) is 0 Å². The van der Waals surface area contributed by atoms with Crippen LogP contribution in [0.25, 0.3) is 0 Å². The first kappa shape index (κ1) is 11.2. The predicted octanol–water partition coefficient (Wildman–Crippen LogP) is 0.615. The highest BCUT2D eigenvalue weighted by atomic mass is 35.5. The average Bonchev–Trinajstić information content (AvgIpc) is 2.81. The van der Waals surface area contributed by atoms with E-state index in [0.29, 0.717) is 12.8 Å². The van der Waals surface area contributed by atoms with E-state index in [1.54, 1.807) is 0 Å². The summed E-state index contributed by atoms with van der Waals surface area (Å²) >= 11 is 5.91. The van der Waals surface area contributed by atoms with Crippen molar-refractivity contribution in [3.8, 4) is 0 Å². The molecule has 92 valence electrons. The van der Waals surface area contributed by atoms with Crippen LogP contribution in [0.2, 0.25) is 0 Å². The smallest absolute Gasteiger partial charge is 0.273 e. The van der Waals surface area contributed by atoms with Gasteiger partial charge in [-0.3, -0.25) is 4.18 Å². The van der Waals surface area contributed by atoms with E-state index in [9.17, 15) is 8.42 Å². The van der Waals surface area contributed by atoms with E-state index in [1.165, 1.54) is 0 Å². The summed E-state index contributed by atoms with van der Waals surface area (Å²) in [5, 5.41) is -0.502. The maximum atomic E-state index is 11.6. The van der Waals surface area contributed by atoms with E-state index in [4.69, 9.17) is 25.3 Å². The van der Waals surface area contributed by atoms with Gasteiger partial charge in [-0.2, -0.15) is 8.42 Å². The van der Waals surface area contributed by atoms with Crippen LogP contribution in [-0.4, -0.2) is 43.6 Å². The Morgan fingerprint density at radius 1 is 1.50 bits per heavy atom. The summed E-state index contributed by atoms with van der Waals surface area (Å²) in [7, 11) is -3.45. The molecule has 3 aliphatic rings. The lowest BCUT2D eigenvalue weighted by Gasteiger charge is -2.24.